The Kier molecular flexibility index (Phi) is 10.7. The number of hydrogen-bond donors (Lipinski definition) is 0. The van der Waals surface area contributed by atoms with Crippen LogP contribution in [0, 0.1) is 13.8 Å². The Bertz CT molecular complexity index is 4010. The number of aromatic nitrogens is 2. The molecule has 5 nitrogen and oxygen atoms in total. The van der Waals surface area contributed by atoms with E-state index >= 15 is 0 Å². The summed E-state index contributed by atoms with van der Waals surface area (Å²) >= 11 is 0. The van der Waals surface area contributed by atoms with Gasteiger partial charge in [0.15, 0.2) is 0 Å². The molecule has 1 aliphatic heterocycles. The van der Waals surface area contributed by atoms with E-state index in [9.17, 15) is 0 Å². The maximum atomic E-state index is 8.87. The summed E-state index contributed by atoms with van der Waals surface area (Å²) in [7, 11) is 0. The van der Waals surface area contributed by atoms with Gasteiger partial charge in [-0.3, -0.25) is 4.57 Å². The Morgan fingerprint density at radius 1 is 0.459 bits per heavy atom. The molecule has 0 saturated heterocycles. The monoisotopic (exact) mass is 963 g/mol. The minimum Gasteiger partial charge on any atom is -0.457 e. The number of aryl methyl sites for hydroxylation is 2. The Morgan fingerprint density at radius 3 is 1.84 bits per heavy atom. The molecule has 0 spiro atoms. The Morgan fingerprint density at radius 2 is 1.12 bits per heavy atom. The molecule has 0 radical (unpaired) electrons. The van der Waals surface area contributed by atoms with E-state index in [0.717, 1.165) is 77.9 Å². The molecule has 11 aromatic rings. The van der Waals surface area contributed by atoms with Crippen molar-refractivity contribution >= 4 is 44.6 Å². The number of pyridine rings is 1. The van der Waals surface area contributed by atoms with Crippen molar-refractivity contribution in [3.05, 3.63) is 252 Å². The lowest BCUT2D eigenvalue weighted by atomic mass is 9.76. The van der Waals surface area contributed by atoms with Crippen molar-refractivity contribution in [2.75, 3.05) is 16.5 Å². The minimum atomic E-state index is -2.38. The quantitative estimate of drug-likeness (QED) is 0.137. The van der Waals surface area contributed by atoms with Gasteiger partial charge in [0.25, 0.3) is 0 Å². The molecule has 0 unspecified atom stereocenters. The van der Waals surface area contributed by atoms with Crippen LogP contribution in [0.15, 0.2) is 225 Å². The largest absolute Gasteiger partial charge is 0.457 e. The number of ether oxygens (including phenoxy) is 1. The number of benzene rings is 9. The molecule has 0 atom stereocenters. The summed E-state index contributed by atoms with van der Waals surface area (Å²) in [6.07, 6.45) is 1.79. The first-order chi connectivity index (χ1) is 37.1. The van der Waals surface area contributed by atoms with Crippen LogP contribution in [0.2, 0.25) is 0 Å². The smallest absolute Gasteiger partial charge is 0.138 e. The van der Waals surface area contributed by atoms with E-state index in [4.69, 9.17) is 13.8 Å². The molecule has 3 heterocycles. The van der Waals surface area contributed by atoms with Crippen LogP contribution < -0.4 is 14.5 Å². The zero-order valence-corrected chi connectivity index (χ0v) is 42.8. The van der Waals surface area contributed by atoms with Gasteiger partial charge < -0.3 is 14.5 Å². The van der Waals surface area contributed by atoms with Crippen LogP contribution in [0.3, 0.4) is 0 Å². The van der Waals surface area contributed by atoms with Crippen LogP contribution >= 0.6 is 0 Å². The van der Waals surface area contributed by atoms with Crippen molar-refractivity contribution in [3.8, 4) is 50.7 Å². The van der Waals surface area contributed by atoms with Gasteiger partial charge in [-0.05, 0) is 153 Å². The summed E-state index contributed by atoms with van der Waals surface area (Å²) in [4.78, 5) is 9.80. The van der Waals surface area contributed by atoms with E-state index in [1.807, 2.05) is 61.5 Å². The topological polar surface area (TPSA) is 33.5 Å². The number of rotatable bonds is 10. The van der Waals surface area contributed by atoms with Crippen molar-refractivity contribution in [2.24, 2.45) is 0 Å². The Balaban J connectivity index is 0.931. The van der Waals surface area contributed by atoms with Gasteiger partial charge >= 0.3 is 0 Å². The SMILES string of the molecule is [2H]C([2H])([2H])c1cc(C(C)(C)c2ccccc2)cc(C)c1-c1ccnc(-n2c3ccc(-c4ccccc4)cc3c3ccc(Oc4cccc(N5CN(c6cc(-c7ccccc7)cc(C(C)(C)C)c6)c6ccccc65)c4)cc32)c1. The van der Waals surface area contributed by atoms with Gasteiger partial charge in [-0.25, -0.2) is 4.98 Å². The summed E-state index contributed by atoms with van der Waals surface area (Å²) in [5, 5.41) is 2.10. The summed E-state index contributed by atoms with van der Waals surface area (Å²) in [6.45, 7) is 11.4. The molecule has 9 aromatic carbocycles. The van der Waals surface area contributed by atoms with Gasteiger partial charge in [-0.1, -0.05) is 168 Å². The van der Waals surface area contributed by atoms with E-state index < -0.39 is 12.3 Å². The van der Waals surface area contributed by atoms with Crippen molar-refractivity contribution < 1.29 is 8.85 Å². The number of hydrogen-bond acceptors (Lipinski definition) is 4. The third-order valence-electron chi connectivity index (χ3n) is 15.0. The van der Waals surface area contributed by atoms with Gasteiger partial charge in [-0.15, -0.1) is 0 Å². The van der Waals surface area contributed by atoms with Gasteiger partial charge in [0.1, 0.15) is 24.0 Å². The van der Waals surface area contributed by atoms with Crippen LogP contribution in [0.25, 0.3) is 61.0 Å². The molecule has 5 heteroatoms. The molecule has 12 rings (SSSR count). The van der Waals surface area contributed by atoms with Crippen LogP contribution in [0.4, 0.5) is 22.7 Å². The predicted octanol–water partition coefficient (Wildman–Crippen LogP) is 18.5. The summed E-state index contributed by atoms with van der Waals surface area (Å²) in [6, 6.07) is 76.1. The van der Waals surface area contributed by atoms with Crippen molar-refractivity contribution in [2.45, 2.75) is 59.2 Å². The molecule has 0 N–H and O–H groups in total. The van der Waals surface area contributed by atoms with Gasteiger partial charge in [0.2, 0.25) is 0 Å². The fourth-order valence-electron chi connectivity index (χ4n) is 10.9. The maximum Gasteiger partial charge on any atom is 0.138 e. The third-order valence-corrected chi connectivity index (χ3v) is 15.0. The van der Waals surface area contributed by atoms with Crippen LogP contribution in [0.5, 0.6) is 11.5 Å². The van der Waals surface area contributed by atoms with E-state index in [1.165, 1.54) is 16.7 Å². The lowest BCUT2D eigenvalue weighted by Crippen LogP contribution is -2.24. The highest BCUT2D eigenvalue weighted by molar-refractivity contribution is 6.11. The summed E-state index contributed by atoms with van der Waals surface area (Å²) in [5.74, 6) is 2.05. The highest BCUT2D eigenvalue weighted by Crippen LogP contribution is 2.47. The van der Waals surface area contributed by atoms with Gasteiger partial charge in [-0.2, -0.15) is 0 Å². The Hall–Kier alpha value is -8.67. The average Bonchev–Trinajstić information content (AvgIpc) is 4.06. The zero-order valence-electron chi connectivity index (χ0n) is 45.8. The number of fused-ring (bicyclic) bond motifs is 4. The van der Waals surface area contributed by atoms with E-state index in [1.54, 1.807) is 6.20 Å². The van der Waals surface area contributed by atoms with Crippen molar-refractivity contribution in [1.29, 1.82) is 0 Å². The molecular weight excluding hydrogens is 901 g/mol. The molecule has 0 fully saturated rings. The molecule has 0 bridgehead atoms. The molecule has 0 aliphatic carbocycles. The molecule has 2 aromatic heterocycles. The van der Waals surface area contributed by atoms with E-state index in [-0.39, 0.29) is 5.41 Å². The second-order valence-corrected chi connectivity index (χ2v) is 21.2. The van der Waals surface area contributed by atoms with Crippen LogP contribution in [-0.2, 0) is 10.8 Å². The zero-order chi connectivity index (χ0) is 53.2. The molecular formula is C69H60N4O. The molecule has 0 amide bonds. The van der Waals surface area contributed by atoms with E-state index in [2.05, 4.69) is 213 Å². The fourth-order valence-corrected chi connectivity index (χ4v) is 10.9. The normalized spacial score (nSPS) is 13.5. The first kappa shape index (κ1) is 43.0. The predicted molar refractivity (Wildman–Crippen MR) is 310 cm³/mol. The molecule has 1 aliphatic rings. The van der Waals surface area contributed by atoms with Gasteiger partial charge in [0.05, 0.1) is 22.4 Å². The number of nitrogens with zero attached hydrogens (tertiary/aromatic N) is 4. The van der Waals surface area contributed by atoms with Gasteiger partial charge in [0, 0.05) is 50.0 Å². The summed E-state index contributed by atoms with van der Waals surface area (Å²) in [5.41, 5.74) is 16.5. The maximum absolute atomic E-state index is 8.87. The second kappa shape index (κ2) is 18.4. The lowest BCUT2D eigenvalue weighted by molar-refractivity contribution is 0.483. The average molecular weight is 964 g/mol. The van der Waals surface area contributed by atoms with Crippen LogP contribution in [0.1, 0.15) is 66.5 Å². The number of anilines is 4. The highest BCUT2D eigenvalue weighted by atomic mass is 16.5. The second-order valence-electron chi connectivity index (χ2n) is 21.2. The third kappa shape index (κ3) is 8.48. The number of para-hydroxylation sites is 2. The van der Waals surface area contributed by atoms with Crippen molar-refractivity contribution in [1.82, 2.24) is 9.55 Å². The first-order valence-electron chi connectivity index (χ1n) is 27.0. The first-order valence-corrected chi connectivity index (χ1v) is 25.5. The molecule has 362 valence electrons. The standard InChI is InChI=1S/C69H60N4O/c1-46-36-55(69(6,7)53-24-15-10-16-25-53)37-47(2)67(46)51-34-35-70-66(41-51)73-62-33-30-50(48-20-11-8-12-21-48)40-61(62)60-32-31-59(44-65(60)73)74-58-27-19-26-56(43-58)71-45-72(64-29-18-17-28-63(64)71)57-39-52(49-22-13-9-14-23-49)38-54(42-57)68(3,4)5/h8-44H,45H2,1-7H3/i1D3. The lowest BCUT2D eigenvalue weighted by Gasteiger charge is -2.28. The molecule has 74 heavy (non-hydrogen) atoms. The summed E-state index contributed by atoms with van der Waals surface area (Å²) < 4.78 is 35.7. The fraction of sp³-hybridized carbons (Fsp3) is 0.145. The minimum absolute atomic E-state index is 0.0501. The van der Waals surface area contributed by atoms with Crippen molar-refractivity contribution in [3.63, 3.8) is 0 Å². The van der Waals surface area contributed by atoms with Crippen LogP contribution in [-0.4, -0.2) is 16.2 Å². The highest BCUT2D eigenvalue weighted by Gasteiger charge is 2.30. The Labute approximate surface area is 439 Å². The molecule has 0 saturated carbocycles. The van der Waals surface area contributed by atoms with E-state index in [0.29, 0.717) is 35.1 Å².